The first kappa shape index (κ1) is 24.1. The first-order chi connectivity index (χ1) is 14.9. The highest BCUT2D eigenvalue weighted by Gasteiger charge is 2.34. The van der Waals surface area contributed by atoms with Crippen LogP contribution in [0.25, 0.3) is 0 Å². The van der Waals surface area contributed by atoms with Crippen LogP contribution >= 0.6 is 0 Å². The summed E-state index contributed by atoms with van der Waals surface area (Å²) >= 11 is 0. The van der Waals surface area contributed by atoms with Gasteiger partial charge in [0, 0.05) is 0 Å². The summed E-state index contributed by atoms with van der Waals surface area (Å²) in [5.41, 5.74) is 2.26. The largest absolute Gasteiger partial charge is 0.416 e. The van der Waals surface area contributed by atoms with Crippen LogP contribution in [0.1, 0.15) is 55.0 Å². The van der Waals surface area contributed by atoms with E-state index in [1.807, 2.05) is 6.07 Å². The zero-order valence-electron chi connectivity index (χ0n) is 18.2. The molecule has 0 heterocycles. The predicted octanol–water partition coefficient (Wildman–Crippen LogP) is 4.62. The zero-order valence-corrected chi connectivity index (χ0v) is 19.1. The summed E-state index contributed by atoms with van der Waals surface area (Å²) in [6, 6.07) is 8.38. The molecule has 32 heavy (non-hydrogen) atoms. The maximum absolute atomic E-state index is 13.1. The van der Waals surface area contributed by atoms with Crippen molar-refractivity contribution in [2.45, 2.75) is 57.8 Å². The van der Waals surface area contributed by atoms with Gasteiger partial charge in [-0.1, -0.05) is 24.3 Å². The van der Waals surface area contributed by atoms with Crippen molar-refractivity contribution in [2.75, 3.05) is 10.6 Å². The SMILES string of the molecule is C[C@H](NC(=O)[C@H](C)N(c1cccc(C(F)(F)F)c1)S(C)(=O)=O)c1ccc2c(c1)CCCC2. The molecule has 0 unspecified atom stereocenters. The van der Waals surface area contributed by atoms with E-state index in [0.29, 0.717) is 0 Å². The second kappa shape index (κ2) is 9.13. The van der Waals surface area contributed by atoms with E-state index in [1.165, 1.54) is 24.1 Å². The Labute approximate surface area is 186 Å². The third-order valence-electron chi connectivity index (χ3n) is 5.75. The monoisotopic (exact) mass is 468 g/mol. The van der Waals surface area contributed by atoms with Gasteiger partial charge in [-0.05, 0) is 74.4 Å². The van der Waals surface area contributed by atoms with Crippen molar-refractivity contribution in [1.82, 2.24) is 5.32 Å². The van der Waals surface area contributed by atoms with Crippen LogP contribution in [0.3, 0.4) is 0 Å². The lowest BCUT2D eigenvalue weighted by molar-refractivity contribution is -0.137. The van der Waals surface area contributed by atoms with Crippen molar-refractivity contribution >= 4 is 21.6 Å². The molecular formula is C23H27F3N2O3S. The van der Waals surface area contributed by atoms with Gasteiger partial charge in [0.15, 0.2) is 0 Å². The predicted molar refractivity (Wildman–Crippen MR) is 118 cm³/mol. The molecule has 2 aromatic rings. The molecule has 0 spiro atoms. The number of anilines is 1. The Morgan fingerprint density at radius 3 is 2.31 bits per heavy atom. The molecule has 0 saturated heterocycles. The Hall–Kier alpha value is -2.55. The lowest BCUT2D eigenvalue weighted by Crippen LogP contribution is -2.48. The summed E-state index contributed by atoms with van der Waals surface area (Å²) in [4.78, 5) is 12.9. The fraction of sp³-hybridized carbons (Fsp3) is 0.435. The molecule has 0 aromatic heterocycles. The molecule has 1 amide bonds. The van der Waals surface area contributed by atoms with Crippen LogP contribution in [0.2, 0.25) is 0 Å². The Morgan fingerprint density at radius 1 is 1.03 bits per heavy atom. The summed E-state index contributed by atoms with van der Waals surface area (Å²) in [6.45, 7) is 3.15. The highest BCUT2D eigenvalue weighted by molar-refractivity contribution is 7.92. The molecule has 9 heteroatoms. The number of benzene rings is 2. The number of carbonyl (C=O) groups excluding carboxylic acids is 1. The Bertz CT molecular complexity index is 1100. The molecule has 5 nitrogen and oxygen atoms in total. The fourth-order valence-corrected chi connectivity index (χ4v) is 5.23. The summed E-state index contributed by atoms with van der Waals surface area (Å²) < 4.78 is 64.9. The van der Waals surface area contributed by atoms with Gasteiger partial charge in [-0.25, -0.2) is 8.42 Å². The number of nitrogens with one attached hydrogen (secondary N) is 1. The third kappa shape index (κ3) is 5.43. The van der Waals surface area contributed by atoms with E-state index in [9.17, 15) is 26.4 Å². The van der Waals surface area contributed by atoms with Crippen LogP contribution in [0.4, 0.5) is 18.9 Å². The van der Waals surface area contributed by atoms with Crippen LogP contribution in [0.15, 0.2) is 42.5 Å². The van der Waals surface area contributed by atoms with Gasteiger partial charge in [-0.15, -0.1) is 0 Å². The molecule has 174 valence electrons. The minimum atomic E-state index is -4.63. The molecule has 1 N–H and O–H groups in total. The van der Waals surface area contributed by atoms with E-state index in [2.05, 4.69) is 17.4 Å². The molecule has 1 aliphatic rings. The average molecular weight is 469 g/mol. The van der Waals surface area contributed by atoms with Gasteiger partial charge in [-0.3, -0.25) is 9.10 Å². The number of fused-ring (bicyclic) bond motifs is 1. The van der Waals surface area contributed by atoms with Crippen LogP contribution in [-0.2, 0) is 33.8 Å². The van der Waals surface area contributed by atoms with Gasteiger partial charge in [0.05, 0.1) is 23.5 Å². The standard InChI is InChI=1S/C23H27F3N2O3S/c1-15(18-12-11-17-7-4-5-8-19(17)13-18)27-22(29)16(2)28(32(3,30)31)21-10-6-9-20(14-21)23(24,25)26/h6,9-16H,4-5,7-8H2,1-3H3,(H,27,29)/t15-,16-/m0/s1. The van der Waals surface area contributed by atoms with E-state index in [4.69, 9.17) is 0 Å². The molecule has 0 fully saturated rings. The fourth-order valence-electron chi connectivity index (χ4n) is 4.07. The molecule has 0 aliphatic heterocycles. The second-order valence-corrected chi connectivity index (χ2v) is 10.1. The van der Waals surface area contributed by atoms with E-state index >= 15 is 0 Å². The van der Waals surface area contributed by atoms with E-state index in [-0.39, 0.29) is 11.7 Å². The zero-order chi connectivity index (χ0) is 23.7. The highest BCUT2D eigenvalue weighted by Crippen LogP contribution is 2.33. The van der Waals surface area contributed by atoms with Crippen LogP contribution in [-0.4, -0.2) is 26.6 Å². The smallest absolute Gasteiger partial charge is 0.348 e. The lowest BCUT2D eigenvalue weighted by atomic mass is 9.89. The number of aryl methyl sites for hydroxylation is 2. The Kier molecular flexibility index (Phi) is 6.88. The Balaban J connectivity index is 1.83. The summed E-state index contributed by atoms with van der Waals surface area (Å²) in [5, 5.41) is 2.80. The quantitative estimate of drug-likeness (QED) is 0.673. The summed E-state index contributed by atoms with van der Waals surface area (Å²) in [5.74, 6) is -0.599. The normalized spacial score (nSPS) is 16.1. The minimum absolute atomic E-state index is 0.216. The van der Waals surface area contributed by atoms with Crippen molar-refractivity contribution < 1.29 is 26.4 Å². The van der Waals surface area contributed by atoms with Crippen molar-refractivity contribution in [2.24, 2.45) is 0 Å². The number of rotatable bonds is 6. The molecule has 1 aliphatic carbocycles. The average Bonchev–Trinajstić information content (AvgIpc) is 2.72. The van der Waals surface area contributed by atoms with Crippen molar-refractivity contribution in [3.05, 3.63) is 64.7 Å². The number of alkyl halides is 3. The number of sulfonamides is 1. The van der Waals surface area contributed by atoms with Crippen molar-refractivity contribution in [3.63, 3.8) is 0 Å². The molecule has 0 radical (unpaired) electrons. The summed E-state index contributed by atoms with van der Waals surface area (Å²) in [6.07, 6.45) is 0.530. The number of hydrogen-bond donors (Lipinski definition) is 1. The number of hydrogen-bond acceptors (Lipinski definition) is 3. The lowest BCUT2D eigenvalue weighted by Gasteiger charge is -2.30. The minimum Gasteiger partial charge on any atom is -0.348 e. The highest BCUT2D eigenvalue weighted by atomic mass is 32.2. The Morgan fingerprint density at radius 2 is 1.69 bits per heavy atom. The molecular weight excluding hydrogens is 441 g/mol. The first-order valence-electron chi connectivity index (χ1n) is 10.5. The van der Waals surface area contributed by atoms with E-state index in [0.717, 1.165) is 60.0 Å². The topological polar surface area (TPSA) is 66.5 Å². The van der Waals surface area contributed by atoms with Gasteiger partial charge in [0.1, 0.15) is 6.04 Å². The van der Waals surface area contributed by atoms with Crippen LogP contribution < -0.4 is 9.62 Å². The van der Waals surface area contributed by atoms with Crippen LogP contribution in [0, 0.1) is 0 Å². The van der Waals surface area contributed by atoms with Crippen LogP contribution in [0.5, 0.6) is 0 Å². The van der Waals surface area contributed by atoms with Gasteiger partial charge in [0.2, 0.25) is 15.9 Å². The third-order valence-corrected chi connectivity index (χ3v) is 6.99. The van der Waals surface area contributed by atoms with Gasteiger partial charge in [-0.2, -0.15) is 13.2 Å². The van der Waals surface area contributed by atoms with Crippen molar-refractivity contribution in [3.8, 4) is 0 Å². The molecule has 2 atom stereocenters. The van der Waals surface area contributed by atoms with Gasteiger partial charge < -0.3 is 5.32 Å². The molecule has 0 bridgehead atoms. The molecule has 0 saturated carbocycles. The maximum atomic E-state index is 13.1. The maximum Gasteiger partial charge on any atom is 0.416 e. The first-order valence-corrected chi connectivity index (χ1v) is 12.3. The van der Waals surface area contributed by atoms with Gasteiger partial charge in [0.25, 0.3) is 0 Å². The number of nitrogens with zero attached hydrogens (tertiary/aromatic N) is 1. The number of carbonyl (C=O) groups is 1. The number of amides is 1. The molecule has 3 rings (SSSR count). The van der Waals surface area contributed by atoms with E-state index in [1.54, 1.807) is 6.92 Å². The second-order valence-electron chi connectivity index (χ2n) is 8.25. The summed E-state index contributed by atoms with van der Waals surface area (Å²) in [7, 11) is -4.03. The van der Waals surface area contributed by atoms with Crippen molar-refractivity contribution in [1.29, 1.82) is 0 Å². The molecule has 2 aromatic carbocycles. The van der Waals surface area contributed by atoms with E-state index < -0.39 is 33.7 Å². The number of halogens is 3. The van der Waals surface area contributed by atoms with Gasteiger partial charge >= 0.3 is 6.18 Å².